The van der Waals surface area contributed by atoms with Crippen molar-refractivity contribution in [3.8, 4) is 11.4 Å². The molecule has 0 saturated heterocycles. The molecule has 0 bridgehead atoms. The van der Waals surface area contributed by atoms with Crippen molar-refractivity contribution >= 4 is 11.7 Å². The van der Waals surface area contributed by atoms with Crippen molar-refractivity contribution < 1.29 is 23.4 Å². The first-order chi connectivity index (χ1) is 18.8. The number of amides is 1. The molecule has 0 spiro atoms. The number of aliphatic hydroxyl groups excluding tert-OH is 1. The average Bonchev–Trinajstić information content (AvgIpc) is 3.85. The largest absolute Gasteiger partial charge is 0.493 e. The fourth-order valence-corrected chi connectivity index (χ4v) is 4.62. The first-order valence-electron chi connectivity index (χ1n) is 13.3. The van der Waals surface area contributed by atoms with Gasteiger partial charge in [-0.15, -0.1) is 0 Å². The molecule has 0 unspecified atom stereocenters. The molecule has 3 N–H and O–H groups in total. The number of unbranched alkanes of at least 4 members (excludes halogenated alkanes) is 2. The van der Waals surface area contributed by atoms with Crippen LogP contribution in [0.25, 0.3) is 5.69 Å². The first-order valence-corrected chi connectivity index (χ1v) is 13.3. The molecule has 2 fully saturated rings. The summed E-state index contributed by atoms with van der Waals surface area (Å²) < 4.78 is 36.4. The van der Waals surface area contributed by atoms with E-state index in [1.165, 1.54) is 41.2 Å². The van der Waals surface area contributed by atoms with E-state index in [0.29, 0.717) is 37.2 Å². The zero-order valence-electron chi connectivity index (χ0n) is 21.8. The lowest BCUT2D eigenvalue weighted by Crippen LogP contribution is -2.30. The van der Waals surface area contributed by atoms with Crippen molar-refractivity contribution in [2.24, 2.45) is 0 Å². The molecule has 1 aromatic heterocycles. The van der Waals surface area contributed by atoms with E-state index >= 15 is 0 Å². The maximum absolute atomic E-state index is 14.8. The monoisotopic (exact) mass is 538 g/mol. The van der Waals surface area contributed by atoms with Crippen molar-refractivity contribution in [2.75, 3.05) is 18.5 Å². The van der Waals surface area contributed by atoms with Gasteiger partial charge < -0.3 is 20.5 Å². The van der Waals surface area contributed by atoms with E-state index in [2.05, 4.69) is 15.6 Å². The van der Waals surface area contributed by atoms with Gasteiger partial charge >= 0.3 is 0 Å². The van der Waals surface area contributed by atoms with Crippen molar-refractivity contribution in [1.29, 1.82) is 0 Å². The summed E-state index contributed by atoms with van der Waals surface area (Å²) in [7, 11) is 0. The third-order valence-electron chi connectivity index (χ3n) is 7.22. The van der Waals surface area contributed by atoms with E-state index in [9.17, 15) is 18.4 Å². The number of halogens is 2. The second-order valence-corrected chi connectivity index (χ2v) is 10.3. The van der Waals surface area contributed by atoms with Crippen LogP contribution in [-0.2, 0) is 5.54 Å². The molecule has 1 heterocycles. The average molecular weight is 539 g/mol. The maximum atomic E-state index is 14.8. The van der Waals surface area contributed by atoms with E-state index in [1.54, 1.807) is 13.0 Å². The van der Waals surface area contributed by atoms with Gasteiger partial charge in [0, 0.05) is 41.7 Å². The van der Waals surface area contributed by atoms with Gasteiger partial charge in [-0.2, -0.15) is 0 Å². The highest BCUT2D eigenvalue weighted by molar-refractivity contribution is 5.95. The molecule has 206 valence electrons. The Kier molecular flexibility index (Phi) is 7.65. The predicted molar refractivity (Wildman–Crippen MR) is 142 cm³/mol. The number of nitrogens with zero attached hydrogens (tertiary/aromatic N) is 2. The minimum atomic E-state index is -0.736. The number of hydrogen-bond acceptors (Lipinski definition) is 6. The van der Waals surface area contributed by atoms with Crippen molar-refractivity contribution in [3.05, 3.63) is 81.4 Å². The smallest absolute Gasteiger partial charge is 0.297 e. The number of hydrogen-bond donors (Lipinski definition) is 3. The number of aliphatic hydroxyl groups is 1. The number of nitrogens with one attached hydrogen (secondary N) is 2. The highest BCUT2D eigenvalue weighted by atomic mass is 19.1. The molecule has 39 heavy (non-hydrogen) atoms. The van der Waals surface area contributed by atoms with Crippen LogP contribution in [0.15, 0.2) is 47.5 Å². The van der Waals surface area contributed by atoms with Gasteiger partial charge in [-0.1, -0.05) is 0 Å². The number of aromatic nitrogens is 2. The molecular weight excluding hydrogens is 506 g/mol. The molecule has 0 radical (unpaired) electrons. The van der Waals surface area contributed by atoms with Crippen molar-refractivity contribution in [1.82, 2.24) is 14.9 Å². The first kappa shape index (κ1) is 26.8. The summed E-state index contributed by atoms with van der Waals surface area (Å²) in [6, 6.07) is 7.11. The van der Waals surface area contributed by atoms with Crippen LogP contribution in [0.5, 0.6) is 5.75 Å². The molecular formula is C29H32F2N4O4. The van der Waals surface area contributed by atoms with Crippen LogP contribution in [-0.4, -0.2) is 39.8 Å². The van der Waals surface area contributed by atoms with E-state index in [0.717, 1.165) is 25.7 Å². The summed E-state index contributed by atoms with van der Waals surface area (Å²) in [5.41, 5.74) is -0.0528. The molecule has 10 heteroatoms. The van der Waals surface area contributed by atoms with Gasteiger partial charge in [0.2, 0.25) is 0 Å². The van der Waals surface area contributed by atoms with Crippen LogP contribution in [0.4, 0.5) is 14.6 Å². The molecule has 2 aliphatic carbocycles. The number of carbonyl (C=O) groups is 1. The van der Waals surface area contributed by atoms with Gasteiger partial charge in [0.15, 0.2) is 5.82 Å². The summed E-state index contributed by atoms with van der Waals surface area (Å²) in [5.74, 6) is -0.845. The highest BCUT2D eigenvalue weighted by Crippen LogP contribution is 2.51. The van der Waals surface area contributed by atoms with Crippen LogP contribution < -0.4 is 20.9 Å². The van der Waals surface area contributed by atoms with Crippen molar-refractivity contribution in [3.63, 3.8) is 0 Å². The Morgan fingerprint density at radius 2 is 1.97 bits per heavy atom. The fourth-order valence-electron chi connectivity index (χ4n) is 4.62. The maximum Gasteiger partial charge on any atom is 0.297 e. The highest BCUT2D eigenvalue weighted by Gasteiger charge is 2.47. The lowest BCUT2D eigenvalue weighted by Gasteiger charge is -2.22. The summed E-state index contributed by atoms with van der Waals surface area (Å²) in [6.07, 6.45) is 8.18. The normalized spacial score (nSPS) is 15.6. The molecule has 2 aromatic carbocycles. The Labute approximate surface area is 225 Å². The Morgan fingerprint density at radius 1 is 1.18 bits per heavy atom. The second kappa shape index (κ2) is 11.1. The topological polar surface area (TPSA) is 105 Å². The van der Waals surface area contributed by atoms with Crippen LogP contribution in [0.3, 0.4) is 0 Å². The summed E-state index contributed by atoms with van der Waals surface area (Å²) in [6.45, 7) is 2.09. The van der Waals surface area contributed by atoms with Crippen LogP contribution in [0, 0.1) is 18.6 Å². The van der Waals surface area contributed by atoms with Gasteiger partial charge in [0.25, 0.3) is 11.5 Å². The summed E-state index contributed by atoms with van der Waals surface area (Å²) in [4.78, 5) is 30.4. The Morgan fingerprint density at radius 3 is 2.69 bits per heavy atom. The number of anilines is 1. The van der Waals surface area contributed by atoms with E-state index < -0.39 is 22.7 Å². The van der Waals surface area contributed by atoms with E-state index in [4.69, 9.17) is 9.84 Å². The summed E-state index contributed by atoms with van der Waals surface area (Å²) >= 11 is 0. The van der Waals surface area contributed by atoms with E-state index in [1.807, 2.05) is 0 Å². The van der Waals surface area contributed by atoms with Gasteiger partial charge in [-0.3, -0.25) is 14.2 Å². The zero-order valence-corrected chi connectivity index (χ0v) is 21.8. The molecule has 5 rings (SSSR count). The molecule has 0 atom stereocenters. The SMILES string of the molecule is Cc1c(F)cc(C(=O)NC2CC2)cc1-n1ccnc(NC2(c3cc(F)ccc3OCCCCCO)CC2)c1=O. The molecule has 2 aliphatic rings. The van der Waals surface area contributed by atoms with Crippen molar-refractivity contribution in [2.45, 2.75) is 63.5 Å². The quantitative estimate of drug-likeness (QED) is 0.296. The number of rotatable bonds is 12. The Bertz CT molecular complexity index is 1430. The van der Waals surface area contributed by atoms with Crippen LogP contribution in [0.1, 0.15) is 66.4 Å². The molecule has 2 saturated carbocycles. The molecule has 3 aromatic rings. The fraction of sp³-hybridized carbons (Fsp3) is 0.414. The number of benzene rings is 2. The zero-order chi connectivity index (χ0) is 27.6. The molecule has 8 nitrogen and oxygen atoms in total. The minimum absolute atomic E-state index is 0.0285. The van der Waals surface area contributed by atoms with Gasteiger partial charge in [-0.25, -0.2) is 13.8 Å². The minimum Gasteiger partial charge on any atom is -0.493 e. The van der Waals surface area contributed by atoms with E-state index in [-0.39, 0.29) is 41.2 Å². The standard InChI is InChI=1S/C29H32F2N4O4/c1-18-23(31)15-19(27(37)33-21-6-7-21)16-24(18)35-12-11-32-26(28(35)38)34-29(9-10-29)22-17-20(30)5-8-25(22)39-14-4-2-3-13-36/h5,8,11-12,15-17,21,36H,2-4,6-7,9-10,13-14H2,1H3,(H,32,34)(H,33,37). The number of ether oxygens (including phenoxy) is 1. The lowest BCUT2D eigenvalue weighted by atomic mass is 10.0. The third-order valence-corrected chi connectivity index (χ3v) is 7.22. The Balaban J connectivity index is 1.42. The van der Waals surface area contributed by atoms with Gasteiger partial charge in [0.1, 0.15) is 17.4 Å². The molecule has 1 amide bonds. The van der Waals surface area contributed by atoms with Gasteiger partial charge in [-0.05, 0) is 82.2 Å². The predicted octanol–water partition coefficient (Wildman–Crippen LogP) is 4.35. The Hall–Kier alpha value is -3.79. The lowest BCUT2D eigenvalue weighted by molar-refractivity contribution is 0.0950. The third kappa shape index (κ3) is 5.95. The second-order valence-electron chi connectivity index (χ2n) is 10.3. The van der Waals surface area contributed by atoms with Gasteiger partial charge in [0.05, 0.1) is 17.8 Å². The molecule has 0 aliphatic heterocycles. The van der Waals surface area contributed by atoms with Crippen LogP contribution >= 0.6 is 0 Å². The number of carbonyl (C=O) groups excluding carboxylic acids is 1. The summed E-state index contributed by atoms with van der Waals surface area (Å²) in [5, 5.41) is 15.0. The van der Waals surface area contributed by atoms with Crippen LogP contribution in [0.2, 0.25) is 0 Å².